The van der Waals surface area contributed by atoms with Gasteiger partial charge in [0, 0.05) is 33.2 Å². The number of aromatic nitrogens is 2. The monoisotopic (exact) mass is 497 g/mol. The topological polar surface area (TPSA) is 122 Å². The van der Waals surface area contributed by atoms with E-state index in [0.29, 0.717) is 11.4 Å². The molecule has 182 valence electrons. The molecule has 1 aliphatic heterocycles. The van der Waals surface area contributed by atoms with Gasteiger partial charge in [-0.3, -0.25) is 9.48 Å². The highest BCUT2D eigenvalue weighted by molar-refractivity contribution is 7.89. The van der Waals surface area contributed by atoms with E-state index >= 15 is 0 Å². The number of piperazine rings is 1. The molecule has 33 heavy (non-hydrogen) atoms. The standard InChI is InChI=1S/C21H31N5O5S2/c1-15(2)19(23-32(28,29)18-9-7-6-8-10-18)21(27)25-11-13-26(14-12-25)33(30,31)20-16(3)22-24(5)17(20)4/h6-10,15,19,23H,11-14H2,1-5H3/t19-/m0/s1. The highest BCUT2D eigenvalue weighted by Crippen LogP contribution is 2.24. The lowest BCUT2D eigenvalue weighted by Gasteiger charge is -2.36. The van der Waals surface area contributed by atoms with Crippen molar-refractivity contribution in [2.24, 2.45) is 13.0 Å². The number of hydrogen-bond acceptors (Lipinski definition) is 6. The average molecular weight is 498 g/mol. The number of carbonyl (C=O) groups is 1. The molecule has 0 saturated carbocycles. The number of rotatable bonds is 7. The summed E-state index contributed by atoms with van der Waals surface area (Å²) in [6.45, 7) is 7.50. The Morgan fingerprint density at radius 3 is 2.06 bits per heavy atom. The third kappa shape index (κ3) is 5.13. The van der Waals surface area contributed by atoms with E-state index in [1.807, 2.05) is 0 Å². The molecule has 1 saturated heterocycles. The molecule has 1 atom stereocenters. The molecule has 1 amide bonds. The molecule has 1 aliphatic rings. The zero-order valence-electron chi connectivity index (χ0n) is 19.5. The van der Waals surface area contributed by atoms with E-state index in [-0.39, 0.29) is 47.8 Å². The second kappa shape index (κ2) is 9.53. The number of amides is 1. The van der Waals surface area contributed by atoms with Crippen molar-refractivity contribution < 1.29 is 21.6 Å². The van der Waals surface area contributed by atoms with E-state index in [1.54, 1.807) is 52.9 Å². The van der Waals surface area contributed by atoms with Crippen molar-refractivity contribution in [2.45, 2.75) is 43.5 Å². The quantitative estimate of drug-likeness (QED) is 0.606. The van der Waals surface area contributed by atoms with Crippen molar-refractivity contribution >= 4 is 26.0 Å². The Morgan fingerprint density at radius 2 is 1.58 bits per heavy atom. The largest absolute Gasteiger partial charge is 0.339 e. The van der Waals surface area contributed by atoms with Crippen LogP contribution in [0.15, 0.2) is 40.1 Å². The maximum atomic E-state index is 13.2. The lowest BCUT2D eigenvalue weighted by Crippen LogP contribution is -2.57. The number of aryl methyl sites for hydroxylation is 2. The molecule has 0 unspecified atom stereocenters. The Hall–Kier alpha value is -2.28. The second-order valence-corrected chi connectivity index (χ2v) is 12.1. The molecule has 1 fully saturated rings. The molecular formula is C21H31N5O5S2. The van der Waals surface area contributed by atoms with Crippen LogP contribution < -0.4 is 4.72 Å². The molecule has 1 aromatic carbocycles. The number of carbonyl (C=O) groups excluding carboxylic acids is 1. The summed E-state index contributed by atoms with van der Waals surface area (Å²) in [5, 5.41) is 4.20. The van der Waals surface area contributed by atoms with Crippen molar-refractivity contribution in [1.82, 2.24) is 23.7 Å². The van der Waals surface area contributed by atoms with Gasteiger partial charge >= 0.3 is 0 Å². The van der Waals surface area contributed by atoms with E-state index in [0.717, 1.165) is 0 Å². The molecule has 2 heterocycles. The fourth-order valence-electron chi connectivity index (χ4n) is 3.91. The van der Waals surface area contributed by atoms with Crippen molar-refractivity contribution in [3.8, 4) is 0 Å². The van der Waals surface area contributed by atoms with Crippen LogP contribution in [0, 0.1) is 19.8 Å². The van der Waals surface area contributed by atoms with Gasteiger partial charge < -0.3 is 4.90 Å². The molecule has 1 N–H and O–H groups in total. The first-order chi connectivity index (χ1) is 15.4. The van der Waals surface area contributed by atoms with Gasteiger partial charge in [-0.2, -0.15) is 14.1 Å². The minimum atomic E-state index is -3.88. The van der Waals surface area contributed by atoms with Crippen molar-refractivity contribution in [3.05, 3.63) is 41.7 Å². The minimum absolute atomic E-state index is 0.0848. The summed E-state index contributed by atoms with van der Waals surface area (Å²) in [6, 6.07) is 6.93. The van der Waals surface area contributed by atoms with Gasteiger partial charge in [0.05, 0.1) is 16.3 Å². The second-order valence-electron chi connectivity index (χ2n) is 8.51. The molecule has 10 nitrogen and oxygen atoms in total. The van der Waals surface area contributed by atoms with Gasteiger partial charge in [-0.15, -0.1) is 0 Å². The van der Waals surface area contributed by atoms with E-state index in [9.17, 15) is 21.6 Å². The fraction of sp³-hybridized carbons (Fsp3) is 0.524. The smallest absolute Gasteiger partial charge is 0.246 e. The molecular weight excluding hydrogens is 466 g/mol. The third-order valence-corrected chi connectivity index (χ3v) is 9.47. The highest BCUT2D eigenvalue weighted by atomic mass is 32.2. The first kappa shape index (κ1) is 25.3. The van der Waals surface area contributed by atoms with Crippen LogP contribution in [0.5, 0.6) is 0 Å². The summed E-state index contributed by atoms with van der Waals surface area (Å²) in [7, 11) is -5.94. The van der Waals surface area contributed by atoms with Crippen LogP contribution >= 0.6 is 0 Å². The maximum Gasteiger partial charge on any atom is 0.246 e. The molecule has 0 aliphatic carbocycles. The molecule has 0 spiro atoms. The van der Waals surface area contributed by atoms with Gasteiger partial charge in [0.25, 0.3) is 0 Å². The number of nitrogens with zero attached hydrogens (tertiary/aromatic N) is 4. The highest BCUT2D eigenvalue weighted by Gasteiger charge is 2.37. The van der Waals surface area contributed by atoms with Crippen LogP contribution in [-0.2, 0) is 31.9 Å². The number of benzene rings is 1. The fourth-order valence-corrected chi connectivity index (χ4v) is 7.09. The van der Waals surface area contributed by atoms with E-state index in [2.05, 4.69) is 9.82 Å². The molecule has 0 radical (unpaired) electrons. The van der Waals surface area contributed by atoms with Crippen molar-refractivity contribution in [3.63, 3.8) is 0 Å². The molecule has 0 bridgehead atoms. The number of nitrogens with one attached hydrogen (secondary N) is 1. The van der Waals surface area contributed by atoms with Gasteiger partial charge in [-0.1, -0.05) is 32.0 Å². The summed E-state index contributed by atoms with van der Waals surface area (Å²) in [5.74, 6) is -0.659. The molecule has 12 heteroatoms. The van der Waals surface area contributed by atoms with Gasteiger partial charge in [-0.05, 0) is 31.9 Å². The van der Waals surface area contributed by atoms with E-state index < -0.39 is 26.1 Å². The molecule has 2 aromatic rings. The maximum absolute atomic E-state index is 13.2. The molecule has 3 rings (SSSR count). The van der Waals surface area contributed by atoms with E-state index in [1.165, 1.54) is 26.0 Å². The molecule has 1 aromatic heterocycles. The number of sulfonamides is 2. The lowest BCUT2D eigenvalue weighted by atomic mass is 10.0. The normalized spacial score (nSPS) is 16.8. The lowest BCUT2D eigenvalue weighted by molar-refractivity contribution is -0.135. The van der Waals surface area contributed by atoms with Crippen LogP contribution in [-0.4, -0.2) is 73.9 Å². The number of hydrogen-bond donors (Lipinski definition) is 1. The first-order valence-electron chi connectivity index (χ1n) is 10.7. The summed E-state index contributed by atoms with van der Waals surface area (Å²) in [4.78, 5) is 15.0. The zero-order valence-corrected chi connectivity index (χ0v) is 21.1. The van der Waals surface area contributed by atoms with Crippen LogP contribution in [0.2, 0.25) is 0 Å². The van der Waals surface area contributed by atoms with Gasteiger partial charge in [0.15, 0.2) is 0 Å². The van der Waals surface area contributed by atoms with Gasteiger partial charge in [0.1, 0.15) is 10.9 Å². The van der Waals surface area contributed by atoms with Crippen LogP contribution in [0.25, 0.3) is 0 Å². The minimum Gasteiger partial charge on any atom is -0.339 e. The van der Waals surface area contributed by atoms with Crippen molar-refractivity contribution in [2.75, 3.05) is 26.2 Å². The summed E-state index contributed by atoms with van der Waals surface area (Å²) in [5.41, 5.74) is 0.991. The summed E-state index contributed by atoms with van der Waals surface area (Å²) in [6.07, 6.45) is 0. The predicted octanol–water partition coefficient (Wildman–Crippen LogP) is 0.873. The Morgan fingerprint density at radius 1 is 1.00 bits per heavy atom. The average Bonchev–Trinajstić information content (AvgIpc) is 3.03. The Labute approximate surface area is 195 Å². The van der Waals surface area contributed by atoms with Gasteiger partial charge in [-0.25, -0.2) is 16.8 Å². The summed E-state index contributed by atoms with van der Waals surface area (Å²) >= 11 is 0. The first-order valence-corrected chi connectivity index (χ1v) is 13.6. The van der Waals surface area contributed by atoms with Gasteiger partial charge in [0.2, 0.25) is 26.0 Å². The van der Waals surface area contributed by atoms with Crippen LogP contribution in [0.4, 0.5) is 0 Å². The Balaban J connectivity index is 1.73. The van der Waals surface area contributed by atoms with Crippen molar-refractivity contribution in [1.29, 1.82) is 0 Å². The van der Waals surface area contributed by atoms with Crippen LogP contribution in [0.3, 0.4) is 0 Å². The Kier molecular flexibility index (Phi) is 7.32. The predicted molar refractivity (Wildman–Crippen MR) is 123 cm³/mol. The summed E-state index contributed by atoms with van der Waals surface area (Å²) < 4.78 is 57.3. The third-order valence-electron chi connectivity index (χ3n) is 5.86. The Bertz CT molecular complexity index is 1220. The zero-order chi connectivity index (χ0) is 24.6. The van der Waals surface area contributed by atoms with E-state index in [4.69, 9.17) is 0 Å². The van der Waals surface area contributed by atoms with Crippen LogP contribution in [0.1, 0.15) is 25.2 Å². The SMILES string of the molecule is Cc1nn(C)c(C)c1S(=O)(=O)N1CCN(C(=O)[C@@H](NS(=O)(=O)c2ccccc2)C(C)C)CC1.